The highest BCUT2D eigenvalue weighted by molar-refractivity contribution is 5.47. The third kappa shape index (κ3) is 2.15. The molecule has 2 unspecified atom stereocenters. The van der Waals surface area contributed by atoms with Crippen molar-refractivity contribution in [2.75, 3.05) is 26.0 Å². The molecular formula is C16H24N2O. The highest BCUT2D eigenvalue weighted by atomic mass is 16.3. The molecule has 2 atom stereocenters. The fraction of sp³-hybridized carbons (Fsp3) is 0.625. The second-order valence-electron chi connectivity index (χ2n) is 6.43. The minimum Gasteiger partial charge on any atom is -0.385 e. The van der Waals surface area contributed by atoms with Crippen LogP contribution in [0.2, 0.25) is 0 Å². The van der Waals surface area contributed by atoms with Crippen molar-refractivity contribution < 1.29 is 5.11 Å². The highest BCUT2D eigenvalue weighted by Gasteiger charge is 2.46. The predicted octanol–water partition coefficient (Wildman–Crippen LogP) is 2.20. The van der Waals surface area contributed by atoms with Gasteiger partial charge in [-0.3, -0.25) is 0 Å². The van der Waals surface area contributed by atoms with E-state index in [0.717, 1.165) is 18.4 Å². The van der Waals surface area contributed by atoms with Crippen LogP contribution >= 0.6 is 0 Å². The quantitative estimate of drug-likeness (QED) is 0.883. The largest absolute Gasteiger partial charge is 0.385 e. The van der Waals surface area contributed by atoms with Crippen LogP contribution in [0.4, 0.5) is 5.69 Å². The molecule has 2 bridgehead atoms. The van der Waals surface area contributed by atoms with Crippen molar-refractivity contribution in [2.24, 2.45) is 0 Å². The van der Waals surface area contributed by atoms with E-state index < -0.39 is 5.60 Å². The van der Waals surface area contributed by atoms with Crippen LogP contribution in [0, 0.1) is 0 Å². The van der Waals surface area contributed by atoms with Gasteiger partial charge in [0.05, 0.1) is 5.60 Å². The number of piperidine rings is 1. The van der Waals surface area contributed by atoms with Gasteiger partial charge in [0.15, 0.2) is 0 Å². The Kier molecular flexibility index (Phi) is 3.06. The number of nitrogens with zero attached hydrogens (tertiary/aromatic N) is 2. The van der Waals surface area contributed by atoms with Gasteiger partial charge < -0.3 is 14.9 Å². The predicted molar refractivity (Wildman–Crippen MR) is 78.5 cm³/mol. The molecule has 0 saturated carbocycles. The van der Waals surface area contributed by atoms with E-state index in [2.05, 4.69) is 41.1 Å². The van der Waals surface area contributed by atoms with Crippen molar-refractivity contribution >= 4 is 5.69 Å². The second-order valence-corrected chi connectivity index (χ2v) is 6.43. The first kappa shape index (κ1) is 12.9. The summed E-state index contributed by atoms with van der Waals surface area (Å²) in [5, 5.41) is 11.0. The summed E-state index contributed by atoms with van der Waals surface area (Å²) in [5.41, 5.74) is 1.65. The average molecular weight is 260 g/mol. The molecule has 0 amide bonds. The molecule has 3 rings (SSSR count). The van der Waals surface area contributed by atoms with Crippen LogP contribution in [-0.4, -0.2) is 43.2 Å². The van der Waals surface area contributed by atoms with E-state index in [-0.39, 0.29) is 0 Å². The highest BCUT2D eigenvalue weighted by Crippen LogP contribution is 2.44. The zero-order valence-corrected chi connectivity index (χ0v) is 12.1. The monoisotopic (exact) mass is 260 g/mol. The first-order valence-electron chi connectivity index (χ1n) is 7.22. The Morgan fingerprint density at radius 2 is 1.63 bits per heavy atom. The third-order valence-electron chi connectivity index (χ3n) is 5.05. The molecule has 19 heavy (non-hydrogen) atoms. The molecule has 2 heterocycles. The van der Waals surface area contributed by atoms with Crippen molar-refractivity contribution in [1.29, 1.82) is 0 Å². The Bertz CT molecular complexity index is 440. The molecule has 0 aliphatic carbocycles. The number of fused-ring (bicyclic) bond motifs is 2. The van der Waals surface area contributed by atoms with Crippen LogP contribution in [0.15, 0.2) is 24.3 Å². The number of hydrogen-bond donors (Lipinski definition) is 1. The van der Waals surface area contributed by atoms with E-state index in [0.29, 0.717) is 12.1 Å². The lowest BCUT2D eigenvalue weighted by Gasteiger charge is -2.42. The average Bonchev–Trinajstić information content (AvgIpc) is 2.63. The topological polar surface area (TPSA) is 26.7 Å². The Morgan fingerprint density at radius 1 is 1.11 bits per heavy atom. The second kappa shape index (κ2) is 4.50. The summed E-state index contributed by atoms with van der Waals surface area (Å²) in [5.74, 6) is 0. The third-order valence-corrected chi connectivity index (χ3v) is 5.05. The van der Waals surface area contributed by atoms with Crippen molar-refractivity contribution in [3.63, 3.8) is 0 Å². The van der Waals surface area contributed by atoms with E-state index in [1.54, 1.807) is 0 Å². The summed E-state index contributed by atoms with van der Waals surface area (Å²) in [7, 11) is 6.29. The van der Waals surface area contributed by atoms with Gasteiger partial charge in [0.1, 0.15) is 0 Å². The standard InChI is InChI=1S/C16H24N2O/c1-17(2)13-6-4-12(5-7-13)16(19)10-14-8-9-15(11-16)18(14)3/h4-7,14-15,19H,8-11H2,1-3H3. The van der Waals surface area contributed by atoms with Gasteiger partial charge >= 0.3 is 0 Å². The fourth-order valence-electron chi connectivity index (χ4n) is 3.75. The minimum absolute atomic E-state index is 0.553. The van der Waals surface area contributed by atoms with Crippen LogP contribution in [0.25, 0.3) is 0 Å². The van der Waals surface area contributed by atoms with Crippen molar-refractivity contribution in [2.45, 2.75) is 43.4 Å². The fourth-order valence-corrected chi connectivity index (χ4v) is 3.75. The van der Waals surface area contributed by atoms with Gasteiger partial charge in [0.25, 0.3) is 0 Å². The van der Waals surface area contributed by atoms with Gasteiger partial charge in [-0.15, -0.1) is 0 Å². The molecule has 0 aromatic heterocycles. The Morgan fingerprint density at radius 3 is 2.11 bits per heavy atom. The smallest absolute Gasteiger partial charge is 0.0926 e. The van der Waals surface area contributed by atoms with E-state index in [9.17, 15) is 5.11 Å². The number of aliphatic hydroxyl groups is 1. The summed E-state index contributed by atoms with van der Waals surface area (Å²) in [6, 6.07) is 9.51. The van der Waals surface area contributed by atoms with E-state index in [1.165, 1.54) is 18.5 Å². The summed E-state index contributed by atoms with van der Waals surface area (Å²) in [6.45, 7) is 0. The van der Waals surface area contributed by atoms with Gasteiger partial charge in [-0.2, -0.15) is 0 Å². The van der Waals surface area contributed by atoms with Crippen LogP contribution in [0.5, 0.6) is 0 Å². The summed E-state index contributed by atoms with van der Waals surface area (Å²) in [4.78, 5) is 4.55. The van der Waals surface area contributed by atoms with E-state index >= 15 is 0 Å². The van der Waals surface area contributed by atoms with E-state index in [4.69, 9.17) is 0 Å². The van der Waals surface area contributed by atoms with E-state index in [1.807, 2.05) is 14.1 Å². The maximum absolute atomic E-state index is 11.0. The van der Waals surface area contributed by atoms with Crippen molar-refractivity contribution in [3.05, 3.63) is 29.8 Å². The van der Waals surface area contributed by atoms with Crippen molar-refractivity contribution in [3.8, 4) is 0 Å². The maximum Gasteiger partial charge on any atom is 0.0926 e. The van der Waals surface area contributed by atoms with Gasteiger partial charge in [-0.25, -0.2) is 0 Å². The normalized spacial score (nSPS) is 34.5. The van der Waals surface area contributed by atoms with Gasteiger partial charge in [0.2, 0.25) is 0 Å². The number of benzene rings is 1. The lowest BCUT2D eigenvalue weighted by Crippen LogP contribution is -2.47. The van der Waals surface area contributed by atoms with Crippen LogP contribution < -0.4 is 4.90 Å². The molecular weight excluding hydrogens is 236 g/mol. The van der Waals surface area contributed by atoms with Gasteiger partial charge in [-0.1, -0.05) is 12.1 Å². The Balaban J connectivity index is 1.85. The molecule has 0 radical (unpaired) electrons. The maximum atomic E-state index is 11.0. The zero-order chi connectivity index (χ0) is 13.6. The molecule has 2 fully saturated rings. The minimum atomic E-state index is -0.622. The molecule has 1 aromatic rings. The molecule has 2 saturated heterocycles. The van der Waals surface area contributed by atoms with Crippen molar-refractivity contribution in [1.82, 2.24) is 4.90 Å². The van der Waals surface area contributed by atoms with Crippen LogP contribution in [0.3, 0.4) is 0 Å². The number of hydrogen-bond acceptors (Lipinski definition) is 3. The Labute approximate surface area is 115 Å². The molecule has 3 heteroatoms. The van der Waals surface area contributed by atoms with Crippen LogP contribution in [0.1, 0.15) is 31.2 Å². The number of rotatable bonds is 2. The first-order valence-corrected chi connectivity index (χ1v) is 7.22. The van der Waals surface area contributed by atoms with Gasteiger partial charge in [-0.05, 0) is 50.4 Å². The molecule has 0 spiro atoms. The Hall–Kier alpha value is -1.06. The summed E-state index contributed by atoms with van der Waals surface area (Å²) in [6.07, 6.45) is 4.22. The molecule has 2 aliphatic heterocycles. The first-order chi connectivity index (χ1) is 8.99. The SMILES string of the molecule is CN(C)c1ccc(C2(O)CC3CCC(C2)N3C)cc1. The molecule has 3 nitrogen and oxygen atoms in total. The summed E-state index contributed by atoms with van der Waals surface area (Å²) < 4.78 is 0. The summed E-state index contributed by atoms with van der Waals surface area (Å²) >= 11 is 0. The van der Waals surface area contributed by atoms with Crippen LogP contribution in [-0.2, 0) is 5.60 Å². The molecule has 1 aromatic carbocycles. The lowest BCUT2D eigenvalue weighted by atomic mass is 9.80. The van der Waals surface area contributed by atoms with Gasteiger partial charge in [0, 0.05) is 31.9 Å². The number of anilines is 1. The zero-order valence-electron chi connectivity index (χ0n) is 12.1. The molecule has 104 valence electrons. The molecule has 2 aliphatic rings. The molecule has 1 N–H and O–H groups in total. The lowest BCUT2D eigenvalue weighted by molar-refractivity contribution is -0.0493.